The molecule has 2 aromatic carbocycles. The summed E-state index contributed by atoms with van der Waals surface area (Å²) in [6.45, 7) is 7.88. The van der Waals surface area contributed by atoms with Gasteiger partial charge in [-0.05, 0) is 70.1 Å². The van der Waals surface area contributed by atoms with E-state index in [4.69, 9.17) is 4.74 Å². The second-order valence-corrected chi connectivity index (χ2v) is 7.13. The molecule has 0 spiro atoms. The number of anilines is 2. The van der Waals surface area contributed by atoms with Crippen LogP contribution in [0.3, 0.4) is 0 Å². The van der Waals surface area contributed by atoms with Crippen LogP contribution >= 0.6 is 0 Å². The van der Waals surface area contributed by atoms with E-state index in [9.17, 15) is 9.59 Å². The van der Waals surface area contributed by atoms with Crippen LogP contribution in [0.1, 0.15) is 23.6 Å². The standard InChI is InChI=1S/C22H29N3O3/c1-14-11-15(2)21(16(3)12-14)24-22(27)17(4)25(5)13-20(26)23-18-7-9-19(28-6)10-8-18/h7-12,17H,13H2,1-6H3,(H,23,26)(H,24,27)/t17-/m1/s1. The first kappa shape index (κ1) is 21.4. The van der Waals surface area contributed by atoms with Crippen molar-refractivity contribution in [1.29, 1.82) is 0 Å². The van der Waals surface area contributed by atoms with E-state index in [-0.39, 0.29) is 18.4 Å². The number of carbonyl (C=O) groups excluding carboxylic acids is 2. The van der Waals surface area contributed by atoms with Crippen LogP contribution in [0, 0.1) is 20.8 Å². The largest absolute Gasteiger partial charge is 0.497 e. The number of nitrogens with one attached hydrogen (secondary N) is 2. The second-order valence-electron chi connectivity index (χ2n) is 7.13. The van der Waals surface area contributed by atoms with Crippen LogP contribution in [0.25, 0.3) is 0 Å². The van der Waals surface area contributed by atoms with Crippen molar-refractivity contribution in [2.45, 2.75) is 33.7 Å². The molecule has 28 heavy (non-hydrogen) atoms. The van der Waals surface area contributed by atoms with Crippen molar-refractivity contribution in [1.82, 2.24) is 4.90 Å². The Kier molecular flexibility index (Phi) is 7.18. The molecule has 0 aromatic heterocycles. The first-order valence-electron chi connectivity index (χ1n) is 9.24. The Hall–Kier alpha value is -2.86. The van der Waals surface area contributed by atoms with Gasteiger partial charge in [0.15, 0.2) is 0 Å². The zero-order valence-electron chi connectivity index (χ0n) is 17.4. The third-order valence-electron chi connectivity index (χ3n) is 4.73. The molecule has 0 radical (unpaired) electrons. The Morgan fingerprint density at radius 2 is 1.61 bits per heavy atom. The van der Waals surface area contributed by atoms with Crippen molar-refractivity contribution in [3.8, 4) is 5.75 Å². The molecule has 0 saturated heterocycles. The average molecular weight is 383 g/mol. The molecule has 2 rings (SSSR count). The molecule has 6 heteroatoms. The number of methoxy groups -OCH3 is 1. The summed E-state index contributed by atoms with van der Waals surface area (Å²) < 4.78 is 5.10. The van der Waals surface area contributed by atoms with Crippen molar-refractivity contribution in [3.63, 3.8) is 0 Å². The van der Waals surface area contributed by atoms with Crippen molar-refractivity contribution >= 4 is 23.2 Å². The van der Waals surface area contributed by atoms with Gasteiger partial charge in [-0.2, -0.15) is 0 Å². The molecule has 0 heterocycles. The van der Waals surface area contributed by atoms with Crippen molar-refractivity contribution in [3.05, 3.63) is 53.1 Å². The fourth-order valence-corrected chi connectivity index (χ4v) is 3.04. The van der Waals surface area contributed by atoms with E-state index in [0.717, 1.165) is 28.1 Å². The highest BCUT2D eigenvalue weighted by atomic mass is 16.5. The maximum absolute atomic E-state index is 12.7. The third-order valence-corrected chi connectivity index (χ3v) is 4.73. The van der Waals surface area contributed by atoms with E-state index < -0.39 is 6.04 Å². The lowest BCUT2D eigenvalue weighted by Crippen LogP contribution is -2.43. The summed E-state index contributed by atoms with van der Waals surface area (Å²) in [5.41, 5.74) is 4.73. The van der Waals surface area contributed by atoms with E-state index in [1.165, 1.54) is 0 Å². The molecule has 0 fully saturated rings. The van der Waals surface area contributed by atoms with Gasteiger partial charge in [0.25, 0.3) is 0 Å². The third kappa shape index (κ3) is 5.57. The summed E-state index contributed by atoms with van der Waals surface area (Å²) in [7, 11) is 3.35. The molecule has 2 aromatic rings. The van der Waals surface area contributed by atoms with Gasteiger partial charge in [-0.25, -0.2) is 0 Å². The van der Waals surface area contributed by atoms with Crippen molar-refractivity contribution in [2.75, 3.05) is 31.3 Å². The first-order chi connectivity index (χ1) is 13.2. The molecular weight excluding hydrogens is 354 g/mol. The lowest BCUT2D eigenvalue weighted by atomic mass is 10.0. The Morgan fingerprint density at radius 3 is 2.14 bits per heavy atom. The number of hydrogen-bond donors (Lipinski definition) is 2. The minimum Gasteiger partial charge on any atom is -0.497 e. The predicted molar refractivity (Wildman–Crippen MR) is 113 cm³/mol. The quantitative estimate of drug-likeness (QED) is 0.767. The molecule has 0 unspecified atom stereocenters. The zero-order chi connectivity index (χ0) is 20.8. The maximum Gasteiger partial charge on any atom is 0.241 e. The minimum atomic E-state index is -0.457. The van der Waals surface area contributed by atoms with E-state index in [0.29, 0.717) is 5.69 Å². The van der Waals surface area contributed by atoms with Crippen LogP contribution in [-0.4, -0.2) is 43.5 Å². The summed E-state index contributed by atoms with van der Waals surface area (Å²) >= 11 is 0. The van der Waals surface area contributed by atoms with Gasteiger partial charge in [-0.15, -0.1) is 0 Å². The van der Waals surface area contributed by atoms with Gasteiger partial charge < -0.3 is 15.4 Å². The summed E-state index contributed by atoms with van der Waals surface area (Å²) in [6.07, 6.45) is 0. The summed E-state index contributed by atoms with van der Waals surface area (Å²) in [5.74, 6) is 0.395. The SMILES string of the molecule is COc1ccc(NC(=O)CN(C)[C@H](C)C(=O)Nc2c(C)cc(C)cc2C)cc1. The number of carbonyl (C=O) groups is 2. The molecule has 1 atom stereocenters. The van der Waals surface area contributed by atoms with Crippen molar-refractivity contribution < 1.29 is 14.3 Å². The highest BCUT2D eigenvalue weighted by molar-refractivity contribution is 5.97. The Bertz CT molecular complexity index is 824. The van der Waals surface area contributed by atoms with Gasteiger partial charge in [-0.3, -0.25) is 14.5 Å². The highest BCUT2D eigenvalue weighted by Gasteiger charge is 2.21. The number of nitrogens with zero attached hydrogens (tertiary/aromatic N) is 1. The van der Waals surface area contributed by atoms with Crippen LogP contribution in [0.4, 0.5) is 11.4 Å². The molecule has 2 N–H and O–H groups in total. The van der Waals surface area contributed by atoms with E-state index in [2.05, 4.69) is 10.6 Å². The Labute approximate surface area is 166 Å². The smallest absolute Gasteiger partial charge is 0.241 e. The topological polar surface area (TPSA) is 70.7 Å². The predicted octanol–water partition coefficient (Wildman–Crippen LogP) is 3.52. The normalized spacial score (nSPS) is 11.8. The van der Waals surface area contributed by atoms with Gasteiger partial charge in [-0.1, -0.05) is 17.7 Å². The number of aryl methyl sites for hydroxylation is 3. The number of hydrogen-bond acceptors (Lipinski definition) is 4. The molecular formula is C22H29N3O3. The van der Waals surface area contributed by atoms with Gasteiger partial charge in [0, 0.05) is 11.4 Å². The van der Waals surface area contributed by atoms with Crippen molar-refractivity contribution in [2.24, 2.45) is 0 Å². The van der Waals surface area contributed by atoms with Crippen LogP contribution in [-0.2, 0) is 9.59 Å². The van der Waals surface area contributed by atoms with Crippen LogP contribution in [0.15, 0.2) is 36.4 Å². The molecule has 0 aliphatic carbocycles. The summed E-state index contributed by atoms with van der Waals surface area (Å²) in [5, 5.41) is 5.82. The Balaban J connectivity index is 1.94. The van der Waals surface area contributed by atoms with Crippen LogP contribution in [0.2, 0.25) is 0 Å². The highest BCUT2D eigenvalue weighted by Crippen LogP contribution is 2.22. The van der Waals surface area contributed by atoms with E-state index >= 15 is 0 Å². The lowest BCUT2D eigenvalue weighted by molar-refractivity contribution is -0.122. The Morgan fingerprint density at radius 1 is 1.04 bits per heavy atom. The number of ether oxygens (including phenoxy) is 1. The van der Waals surface area contributed by atoms with Crippen LogP contribution < -0.4 is 15.4 Å². The number of amides is 2. The zero-order valence-corrected chi connectivity index (χ0v) is 17.4. The second kappa shape index (κ2) is 9.37. The number of rotatable bonds is 7. The summed E-state index contributed by atoms with van der Waals surface area (Å²) in [6, 6.07) is 10.7. The first-order valence-corrected chi connectivity index (χ1v) is 9.24. The molecule has 0 bridgehead atoms. The fourth-order valence-electron chi connectivity index (χ4n) is 3.04. The monoisotopic (exact) mass is 383 g/mol. The van der Waals surface area contributed by atoms with E-state index in [1.807, 2.05) is 32.9 Å². The molecule has 0 aliphatic rings. The number of benzene rings is 2. The average Bonchev–Trinajstić information content (AvgIpc) is 2.64. The molecule has 0 aliphatic heterocycles. The van der Waals surface area contributed by atoms with Gasteiger partial charge >= 0.3 is 0 Å². The number of likely N-dealkylation sites (N-methyl/N-ethyl adjacent to an activating group) is 1. The van der Waals surface area contributed by atoms with Gasteiger partial charge in [0.2, 0.25) is 11.8 Å². The van der Waals surface area contributed by atoms with Crippen LogP contribution in [0.5, 0.6) is 5.75 Å². The lowest BCUT2D eigenvalue weighted by Gasteiger charge is -2.24. The van der Waals surface area contributed by atoms with E-state index in [1.54, 1.807) is 50.2 Å². The molecule has 0 saturated carbocycles. The summed E-state index contributed by atoms with van der Waals surface area (Å²) in [4.78, 5) is 26.7. The molecule has 6 nitrogen and oxygen atoms in total. The maximum atomic E-state index is 12.7. The molecule has 150 valence electrons. The minimum absolute atomic E-state index is 0.104. The fraction of sp³-hybridized carbons (Fsp3) is 0.364. The van der Waals surface area contributed by atoms with Gasteiger partial charge in [0.1, 0.15) is 5.75 Å². The molecule has 2 amide bonds. The van der Waals surface area contributed by atoms with Gasteiger partial charge in [0.05, 0.1) is 19.7 Å².